The fourth-order valence-corrected chi connectivity index (χ4v) is 1.26. The summed E-state index contributed by atoms with van der Waals surface area (Å²) in [6.45, 7) is 1.91. The van der Waals surface area contributed by atoms with Gasteiger partial charge in [-0.05, 0) is 6.92 Å². The van der Waals surface area contributed by atoms with Crippen LogP contribution in [0.4, 0.5) is 5.82 Å². The van der Waals surface area contributed by atoms with Gasteiger partial charge < -0.3 is 5.73 Å². The molecule has 0 atom stereocenters. The second-order valence-corrected chi connectivity index (χ2v) is 2.54. The molecule has 2 aromatic rings. The van der Waals surface area contributed by atoms with Crippen molar-refractivity contribution in [1.29, 1.82) is 0 Å². The number of nitrogen functional groups attached to an aromatic ring is 1. The van der Waals surface area contributed by atoms with E-state index in [1.54, 1.807) is 4.68 Å². The fourth-order valence-electron chi connectivity index (χ4n) is 1.26. The highest BCUT2D eigenvalue weighted by Gasteiger charge is 2.10. The lowest BCUT2D eigenvalue weighted by molar-refractivity contribution is 0.767. The smallest absolute Gasteiger partial charge is 0.181 e. The van der Waals surface area contributed by atoms with Crippen LogP contribution in [-0.4, -0.2) is 20.0 Å². The molecule has 5 nitrogen and oxygen atoms in total. The van der Waals surface area contributed by atoms with Crippen LogP contribution in [-0.2, 0) is 7.05 Å². The first kappa shape index (κ1) is 6.21. The Morgan fingerprint density at radius 2 is 2.27 bits per heavy atom. The van der Waals surface area contributed by atoms with Gasteiger partial charge in [0, 0.05) is 7.05 Å². The maximum atomic E-state index is 5.62. The number of fused-ring (bicyclic) bond motifs is 1. The predicted octanol–water partition coefficient (Wildman–Crippen LogP) is 0.187. The standard InChI is InChI=1S/C6H9N5/c1-3-4-5(7)8-9-6(4)11(2)10-3/h1-2H3,(H3,7,8,9). The number of hydrogen-bond acceptors (Lipinski definition) is 3. The van der Waals surface area contributed by atoms with Crippen LogP contribution in [0.1, 0.15) is 5.69 Å². The molecule has 0 bridgehead atoms. The molecule has 0 aliphatic carbocycles. The first-order chi connectivity index (χ1) is 5.20. The second kappa shape index (κ2) is 1.75. The Bertz CT molecular complexity index is 396. The van der Waals surface area contributed by atoms with Gasteiger partial charge in [-0.15, -0.1) is 0 Å². The van der Waals surface area contributed by atoms with Gasteiger partial charge in [-0.1, -0.05) is 0 Å². The fraction of sp³-hybridized carbons (Fsp3) is 0.333. The Morgan fingerprint density at radius 3 is 2.91 bits per heavy atom. The molecule has 2 rings (SSSR count). The van der Waals surface area contributed by atoms with Crippen LogP contribution < -0.4 is 5.73 Å². The lowest BCUT2D eigenvalue weighted by Gasteiger charge is -1.84. The zero-order chi connectivity index (χ0) is 8.01. The van der Waals surface area contributed by atoms with Gasteiger partial charge >= 0.3 is 0 Å². The molecular formula is C6H9N5. The average Bonchev–Trinajstić information content (AvgIpc) is 2.41. The van der Waals surface area contributed by atoms with Crippen molar-refractivity contribution < 1.29 is 0 Å². The van der Waals surface area contributed by atoms with Gasteiger partial charge in [-0.3, -0.25) is 5.10 Å². The molecule has 0 spiro atoms. The summed E-state index contributed by atoms with van der Waals surface area (Å²) in [6, 6.07) is 0. The number of aromatic amines is 1. The summed E-state index contributed by atoms with van der Waals surface area (Å²) < 4.78 is 1.71. The molecular weight excluding hydrogens is 142 g/mol. The van der Waals surface area contributed by atoms with Gasteiger partial charge in [0.1, 0.15) is 5.82 Å². The number of H-pyrrole nitrogens is 1. The number of rotatable bonds is 0. The molecule has 5 heteroatoms. The topological polar surface area (TPSA) is 72.5 Å². The van der Waals surface area contributed by atoms with E-state index in [0.717, 1.165) is 16.7 Å². The van der Waals surface area contributed by atoms with Crippen molar-refractivity contribution in [3.63, 3.8) is 0 Å². The van der Waals surface area contributed by atoms with Crippen LogP contribution in [0.5, 0.6) is 0 Å². The first-order valence-corrected chi connectivity index (χ1v) is 3.33. The Hall–Kier alpha value is -1.52. The highest BCUT2D eigenvalue weighted by atomic mass is 15.3. The van der Waals surface area contributed by atoms with Gasteiger partial charge in [-0.25, -0.2) is 4.68 Å². The van der Waals surface area contributed by atoms with Gasteiger partial charge in [0.05, 0.1) is 11.1 Å². The van der Waals surface area contributed by atoms with Crippen molar-refractivity contribution in [1.82, 2.24) is 20.0 Å². The summed E-state index contributed by atoms with van der Waals surface area (Å²) >= 11 is 0. The summed E-state index contributed by atoms with van der Waals surface area (Å²) in [4.78, 5) is 0. The molecule has 0 aliphatic rings. The molecule has 0 radical (unpaired) electrons. The van der Waals surface area contributed by atoms with Crippen molar-refractivity contribution in [3.05, 3.63) is 5.69 Å². The van der Waals surface area contributed by atoms with E-state index >= 15 is 0 Å². The van der Waals surface area contributed by atoms with E-state index in [9.17, 15) is 0 Å². The molecule has 0 fully saturated rings. The van der Waals surface area contributed by atoms with Gasteiger partial charge in [-0.2, -0.15) is 10.2 Å². The number of nitrogens with two attached hydrogens (primary N) is 1. The number of aromatic nitrogens is 4. The molecule has 0 saturated carbocycles. The molecule has 2 heterocycles. The number of nitrogens with zero attached hydrogens (tertiary/aromatic N) is 3. The summed E-state index contributed by atoms with van der Waals surface area (Å²) in [5.74, 6) is 0.589. The zero-order valence-electron chi connectivity index (χ0n) is 6.42. The van der Waals surface area contributed by atoms with E-state index in [-0.39, 0.29) is 0 Å². The predicted molar refractivity (Wildman–Crippen MR) is 42.0 cm³/mol. The van der Waals surface area contributed by atoms with Crippen molar-refractivity contribution in [3.8, 4) is 0 Å². The maximum Gasteiger partial charge on any atom is 0.181 e. The zero-order valence-corrected chi connectivity index (χ0v) is 6.42. The molecule has 0 aromatic carbocycles. The average molecular weight is 151 g/mol. The molecule has 58 valence electrons. The molecule has 11 heavy (non-hydrogen) atoms. The van der Waals surface area contributed by atoms with E-state index in [1.807, 2.05) is 14.0 Å². The summed E-state index contributed by atoms with van der Waals surface area (Å²) in [5.41, 5.74) is 7.34. The van der Waals surface area contributed by atoms with E-state index in [2.05, 4.69) is 15.3 Å². The highest BCUT2D eigenvalue weighted by molar-refractivity contribution is 5.88. The van der Waals surface area contributed by atoms with Crippen LogP contribution in [0, 0.1) is 6.92 Å². The Balaban J connectivity index is 2.98. The monoisotopic (exact) mass is 151 g/mol. The van der Waals surface area contributed by atoms with Crippen LogP contribution in [0.25, 0.3) is 11.0 Å². The third-order valence-electron chi connectivity index (χ3n) is 1.74. The first-order valence-electron chi connectivity index (χ1n) is 3.33. The molecule has 3 N–H and O–H groups in total. The number of nitrogens with one attached hydrogen (secondary N) is 1. The normalized spacial score (nSPS) is 11.1. The van der Waals surface area contributed by atoms with Gasteiger partial charge in [0.15, 0.2) is 5.65 Å². The van der Waals surface area contributed by atoms with Crippen molar-refractivity contribution in [2.45, 2.75) is 6.92 Å². The Labute approximate surface area is 63.2 Å². The van der Waals surface area contributed by atoms with Gasteiger partial charge in [0.25, 0.3) is 0 Å². The van der Waals surface area contributed by atoms with Gasteiger partial charge in [0.2, 0.25) is 0 Å². The van der Waals surface area contributed by atoms with Crippen LogP contribution in [0.15, 0.2) is 0 Å². The lowest BCUT2D eigenvalue weighted by Crippen LogP contribution is -1.91. The lowest BCUT2D eigenvalue weighted by atomic mass is 10.3. The van der Waals surface area contributed by atoms with Crippen LogP contribution in [0.3, 0.4) is 0 Å². The summed E-state index contributed by atoms with van der Waals surface area (Å²) in [6.07, 6.45) is 0. The third-order valence-corrected chi connectivity index (χ3v) is 1.74. The van der Waals surface area contributed by atoms with E-state index < -0.39 is 0 Å². The number of aryl methyl sites for hydroxylation is 2. The molecule has 0 aliphatic heterocycles. The third kappa shape index (κ3) is 0.646. The quantitative estimate of drug-likeness (QED) is 0.564. The van der Waals surface area contributed by atoms with E-state index in [4.69, 9.17) is 5.73 Å². The molecule has 0 saturated heterocycles. The Kier molecular flexibility index (Phi) is 0.986. The minimum atomic E-state index is 0.589. The molecule has 2 aromatic heterocycles. The maximum absolute atomic E-state index is 5.62. The summed E-state index contributed by atoms with van der Waals surface area (Å²) in [7, 11) is 1.84. The van der Waals surface area contributed by atoms with E-state index in [1.165, 1.54) is 0 Å². The minimum Gasteiger partial charge on any atom is -0.383 e. The SMILES string of the molecule is Cc1nn(C)c2n[nH]c(N)c12. The van der Waals surface area contributed by atoms with Crippen molar-refractivity contribution in [2.75, 3.05) is 5.73 Å². The second-order valence-electron chi connectivity index (χ2n) is 2.54. The number of hydrogen-bond donors (Lipinski definition) is 2. The molecule has 0 unspecified atom stereocenters. The summed E-state index contributed by atoms with van der Waals surface area (Å²) in [5, 5.41) is 11.8. The Morgan fingerprint density at radius 1 is 1.55 bits per heavy atom. The van der Waals surface area contributed by atoms with Crippen LogP contribution >= 0.6 is 0 Å². The largest absolute Gasteiger partial charge is 0.383 e. The highest BCUT2D eigenvalue weighted by Crippen LogP contribution is 2.19. The van der Waals surface area contributed by atoms with Crippen molar-refractivity contribution in [2.24, 2.45) is 7.05 Å². The number of anilines is 1. The van der Waals surface area contributed by atoms with Crippen LogP contribution in [0.2, 0.25) is 0 Å². The minimum absolute atomic E-state index is 0.589. The molecule has 0 amide bonds. The van der Waals surface area contributed by atoms with Crippen molar-refractivity contribution >= 4 is 16.9 Å². The van der Waals surface area contributed by atoms with E-state index in [0.29, 0.717) is 5.82 Å².